The summed E-state index contributed by atoms with van der Waals surface area (Å²) in [4.78, 5) is 12.9. The van der Waals surface area contributed by atoms with Crippen molar-refractivity contribution in [2.45, 2.75) is 51.7 Å². The molecule has 116 valence electrons. The highest BCUT2D eigenvalue weighted by Gasteiger charge is 2.61. The maximum Gasteiger partial charge on any atom is 0.173 e. The van der Waals surface area contributed by atoms with Gasteiger partial charge < -0.3 is 9.52 Å². The molecule has 0 bridgehead atoms. The van der Waals surface area contributed by atoms with E-state index in [-0.39, 0.29) is 11.0 Å². The quantitative estimate of drug-likeness (QED) is 0.685. The number of hydrogen-bond donors (Lipinski definition) is 3. The van der Waals surface area contributed by atoms with Crippen LogP contribution < -0.4 is 0 Å². The van der Waals surface area contributed by atoms with Gasteiger partial charge in [-0.15, -0.1) is 0 Å². The summed E-state index contributed by atoms with van der Waals surface area (Å²) in [5.74, 6) is -0.281. The van der Waals surface area contributed by atoms with Crippen molar-refractivity contribution < 1.29 is 24.7 Å². The predicted octanol–water partition coefficient (Wildman–Crippen LogP) is 1.94. The second-order valence-electron chi connectivity index (χ2n) is 6.93. The summed E-state index contributed by atoms with van der Waals surface area (Å²) in [6, 6.07) is -0.620. The zero-order valence-corrected chi connectivity index (χ0v) is 12.5. The van der Waals surface area contributed by atoms with Crippen LogP contribution in [-0.4, -0.2) is 38.2 Å². The Morgan fingerprint density at radius 3 is 2.67 bits per heavy atom. The number of furan rings is 1. The fourth-order valence-electron chi connectivity index (χ4n) is 4.44. The zero-order chi connectivity index (χ0) is 15.6. The lowest BCUT2D eigenvalue weighted by atomic mass is 9.52. The van der Waals surface area contributed by atoms with Gasteiger partial charge in [-0.05, 0) is 32.3 Å². The van der Waals surface area contributed by atoms with Crippen LogP contribution in [0.25, 0.3) is 0 Å². The minimum absolute atomic E-state index is 0.165. The van der Waals surface area contributed by atoms with E-state index < -0.39 is 23.0 Å². The number of hydrogen-bond acceptors (Lipinski definition) is 6. The van der Waals surface area contributed by atoms with Crippen molar-refractivity contribution in [3.05, 3.63) is 23.2 Å². The molecule has 2 aliphatic carbocycles. The van der Waals surface area contributed by atoms with Gasteiger partial charge in [-0.2, -0.15) is 0 Å². The van der Waals surface area contributed by atoms with Crippen LogP contribution in [0.15, 0.2) is 10.7 Å². The third-order valence-electron chi connectivity index (χ3n) is 5.35. The lowest BCUT2D eigenvalue weighted by Crippen LogP contribution is -2.63. The number of carbonyl (C=O) groups excluding carboxylic acids is 1. The summed E-state index contributed by atoms with van der Waals surface area (Å²) < 4.78 is 5.48. The van der Waals surface area contributed by atoms with E-state index in [0.717, 1.165) is 5.56 Å². The maximum atomic E-state index is 12.9. The Hall–Kier alpha value is -1.21. The van der Waals surface area contributed by atoms with Crippen LogP contribution in [0.4, 0.5) is 0 Å². The van der Waals surface area contributed by atoms with E-state index in [2.05, 4.69) is 0 Å². The normalized spacial score (nSPS) is 39.3. The Balaban J connectivity index is 2.17. The molecule has 0 spiro atoms. The van der Waals surface area contributed by atoms with Gasteiger partial charge in [0.2, 0.25) is 0 Å². The second-order valence-corrected chi connectivity index (χ2v) is 6.93. The van der Waals surface area contributed by atoms with E-state index in [1.165, 1.54) is 0 Å². The maximum absolute atomic E-state index is 12.9. The summed E-state index contributed by atoms with van der Waals surface area (Å²) in [5.41, 5.74) is -0.653. The first-order chi connectivity index (χ1) is 9.68. The first-order valence-corrected chi connectivity index (χ1v) is 7.19. The van der Waals surface area contributed by atoms with Crippen molar-refractivity contribution >= 4 is 5.78 Å². The lowest BCUT2D eigenvalue weighted by Gasteiger charge is -2.54. The highest BCUT2D eigenvalue weighted by Crippen LogP contribution is 2.54. The molecule has 3 N–H and O–H groups in total. The molecule has 21 heavy (non-hydrogen) atoms. The molecule has 6 heteroatoms. The number of rotatable bonds is 1. The number of hydroxylamine groups is 2. The molecule has 0 aliphatic heterocycles. The highest BCUT2D eigenvalue weighted by molar-refractivity contribution is 6.02. The number of Topliss-reactive ketones (excluding diaryl/α,β-unsaturated/α-hetero) is 1. The van der Waals surface area contributed by atoms with Crippen molar-refractivity contribution in [2.24, 2.45) is 11.3 Å². The van der Waals surface area contributed by atoms with Crippen LogP contribution in [0, 0.1) is 18.3 Å². The molecule has 6 nitrogen and oxygen atoms in total. The van der Waals surface area contributed by atoms with Crippen LogP contribution in [0.3, 0.4) is 0 Å². The molecule has 3 rings (SSSR count). The van der Waals surface area contributed by atoms with Gasteiger partial charge in [0.25, 0.3) is 0 Å². The standard InChI is InChI=1S/C15H21NO5/c1-8-7-21-9-6-14(2)10(16(19)20)4-5-15(3,18)13(14)12(17)11(8)9/h7,10,13,18-20H,4-6H2,1-3H3. The minimum atomic E-state index is -1.17. The van der Waals surface area contributed by atoms with Gasteiger partial charge in [-0.3, -0.25) is 15.2 Å². The van der Waals surface area contributed by atoms with E-state index in [1.54, 1.807) is 13.2 Å². The first-order valence-electron chi connectivity index (χ1n) is 7.19. The van der Waals surface area contributed by atoms with Gasteiger partial charge in [0.05, 0.1) is 29.4 Å². The molecular weight excluding hydrogens is 274 g/mol. The highest BCUT2D eigenvalue weighted by atomic mass is 16.8. The molecule has 0 saturated heterocycles. The molecule has 1 heterocycles. The number of aliphatic hydroxyl groups is 1. The molecule has 1 saturated carbocycles. The first kappa shape index (κ1) is 14.7. The van der Waals surface area contributed by atoms with Gasteiger partial charge in [-0.25, -0.2) is 0 Å². The van der Waals surface area contributed by atoms with E-state index in [0.29, 0.717) is 30.6 Å². The molecular formula is C15H21NO5. The third kappa shape index (κ3) is 1.90. The molecule has 0 aromatic carbocycles. The smallest absolute Gasteiger partial charge is 0.173 e. The van der Waals surface area contributed by atoms with Crippen molar-refractivity contribution in [1.82, 2.24) is 5.23 Å². The SMILES string of the molecule is Cc1coc2c1C(=O)C1C(C)(O)CCC(N(O)O)C1(C)C2. The number of nitrogens with zero attached hydrogens (tertiary/aromatic N) is 1. The van der Waals surface area contributed by atoms with Crippen LogP contribution >= 0.6 is 0 Å². The van der Waals surface area contributed by atoms with Crippen LogP contribution in [0.5, 0.6) is 0 Å². The van der Waals surface area contributed by atoms with Crippen LogP contribution in [-0.2, 0) is 6.42 Å². The second kappa shape index (κ2) is 4.39. The Kier molecular flexibility index (Phi) is 3.08. The summed E-state index contributed by atoms with van der Waals surface area (Å²) in [6.45, 7) is 5.28. The average Bonchev–Trinajstić information content (AvgIpc) is 2.68. The molecule has 2 aliphatic rings. The van der Waals surface area contributed by atoms with E-state index in [1.807, 2.05) is 13.8 Å². The fraction of sp³-hybridized carbons (Fsp3) is 0.667. The van der Waals surface area contributed by atoms with Crippen LogP contribution in [0.1, 0.15) is 48.4 Å². The zero-order valence-electron chi connectivity index (χ0n) is 12.5. The average molecular weight is 295 g/mol. The summed E-state index contributed by atoms with van der Waals surface area (Å²) >= 11 is 0. The lowest BCUT2D eigenvalue weighted by molar-refractivity contribution is -0.360. The van der Waals surface area contributed by atoms with Crippen molar-refractivity contribution in [2.75, 3.05) is 0 Å². The fourth-order valence-corrected chi connectivity index (χ4v) is 4.44. The number of carbonyl (C=O) groups is 1. The topological polar surface area (TPSA) is 94.1 Å². The molecule has 1 aromatic heterocycles. The molecule has 1 aromatic rings. The van der Waals surface area contributed by atoms with Gasteiger partial charge in [0.1, 0.15) is 5.76 Å². The van der Waals surface area contributed by atoms with Crippen molar-refractivity contribution in [3.8, 4) is 0 Å². The molecule has 1 fully saturated rings. The van der Waals surface area contributed by atoms with Crippen molar-refractivity contribution in [3.63, 3.8) is 0 Å². The van der Waals surface area contributed by atoms with E-state index >= 15 is 0 Å². The Labute approximate surface area is 122 Å². The van der Waals surface area contributed by atoms with Gasteiger partial charge >= 0.3 is 0 Å². The van der Waals surface area contributed by atoms with Gasteiger partial charge in [0.15, 0.2) is 5.78 Å². The Morgan fingerprint density at radius 1 is 1.38 bits per heavy atom. The third-order valence-corrected chi connectivity index (χ3v) is 5.35. The Bertz CT molecular complexity index is 591. The molecule has 0 radical (unpaired) electrons. The molecule has 4 unspecified atom stereocenters. The predicted molar refractivity (Wildman–Crippen MR) is 72.1 cm³/mol. The number of aryl methyl sites for hydroxylation is 1. The molecule has 0 amide bonds. The number of ketones is 1. The number of fused-ring (bicyclic) bond motifs is 2. The summed E-state index contributed by atoms with van der Waals surface area (Å²) in [6.07, 6.45) is 2.68. The van der Waals surface area contributed by atoms with Gasteiger partial charge in [0, 0.05) is 11.8 Å². The van der Waals surface area contributed by atoms with E-state index in [9.17, 15) is 20.3 Å². The van der Waals surface area contributed by atoms with Crippen molar-refractivity contribution in [1.29, 1.82) is 0 Å². The van der Waals surface area contributed by atoms with E-state index in [4.69, 9.17) is 4.42 Å². The minimum Gasteiger partial charge on any atom is -0.468 e. The Morgan fingerprint density at radius 2 is 2.05 bits per heavy atom. The summed E-state index contributed by atoms with van der Waals surface area (Å²) in [7, 11) is 0. The summed E-state index contributed by atoms with van der Waals surface area (Å²) in [5, 5.41) is 30.0. The largest absolute Gasteiger partial charge is 0.468 e. The monoisotopic (exact) mass is 295 g/mol. The van der Waals surface area contributed by atoms with Crippen LogP contribution in [0.2, 0.25) is 0 Å². The molecule has 4 atom stereocenters. The van der Waals surface area contributed by atoms with Gasteiger partial charge in [-0.1, -0.05) is 12.2 Å².